The molecule has 0 heterocycles. The Morgan fingerprint density at radius 1 is 1.00 bits per heavy atom. The van der Waals surface area contributed by atoms with Crippen LogP contribution in [0.25, 0.3) is 0 Å². The first kappa shape index (κ1) is 16.5. The third kappa shape index (κ3) is 7.17. The largest absolute Gasteiger partial charge is 0.512 e. The standard InChI is InChI=1S/C17H26O3/c1-2-20-17(19)14-8-6-4-3-5-7-13-16(18)15-11-9-10-12-15/h9-12,18H,2-8,13-14H2,1H3. The third-order valence-electron chi connectivity index (χ3n) is 3.35. The van der Waals surface area contributed by atoms with Crippen molar-refractivity contribution in [2.24, 2.45) is 0 Å². The number of unbranched alkanes of at least 4 members (excludes halogenated alkanes) is 5. The van der Waals surface area contributed by atoms with Gasteiger partial charge in [0.15, 0.2) is 0 Å². The first-order valence-electron chi connectivity index (χ1n) is 7.66. The molecule has 0 saturated heterocycles. The minimum Gasteiger partial charge on any atom is -0.512 e. The van der Waals surface area contributed by atoms with Gasteiger partial charge in [0, 0.05) is 18.4 Å². The van der Waals surface area contributed by atoms with Crippen LogP contribution < -0.4 is 0 Å². The van der Waals surface area contributed by atoms with Gasteiger partial charge in [-0.25, -0.2) is 0 Å². The van der Waals surface area contributed by atoms with Crippen LogP contribution in [0.5, 0.6) is 0 Å². The lowest BCUT2D eigenvalue weighted by Crippen LogP contribution is -2.03. The maximum absolute atomic E-state index is 11.1. The molecule has 0 spiro atoms. The second-order valence-electron chi connectivity index (χ2n) is 5.05. The van der Waals surface area contributed by atoms with Gasteiger partial charge >= 0.3 is 5.97 Å². The minimum atomic E-state index is -0.0817. The number of carbonyl (C=O) groups excluding carboxylic acids is 1. The molecule has 1 aliphatic carbocycles. The second-order valence-corrected chi connectivity index (χ2v) is 5.05. The summed E-state index contributed by atoms with van der Waals surface area (Å²) in [5.74, 6) is 0.416. The molecule has 3 heteroatoms. The molecule has 0 aromatic rings. The van der Waals surface area contributed by atoms with Crippen molar-refractivity contribution in [1.29, 1.82) is 0 Å². The fourth-order valence-corrected chi connectivity index (χ4v) is 2.21. The van der Waals surface area contributed by atoms with Crippen molar-refractivity contribution in [2.75, 3.05) is 6.61 Å². The summed E-state index contributed by atoms with van der Waals surface area (Å²) >= 11 is 0. The highest BCUT2D eigenvalue weighted by molar-refractivity contribution is 5.69. The molecular formula is C17H26O3. The first-order valence-corrected chi connectivity index (χ1v) is 7.66. The molecule has 0 unspecified atom stereocenters. The molecule has 3 nitrogen and oxygen atoms in total. The van der Waals surface area contributed by atoms with Crippen LogP contribution in [0.15, 0.2) is 35.6 Å². The van der Waals surface area contributed by atoms with Gasteiger partial charge in [0.1, 0.15) is 0 Å². The summed E-state index contributed by atoms with van der Waals surface area (Å²) in [4.78, 5) is 11.1. The lowest BCUT2D eigenvalue weighted by Gasteiger charge is -2.04. The lowest BCUT2D eigenvalue weighted by atomic mass is 10.1. The van der Waals surface area contributed by atoms with Crippen LogP contribution in [0.1, 0.15) is 58.3 Å². The van der Waals surface area contributed by atoms with E-state index in [4.69, 9.17) is 4.74 Å². The SMILES string of the molecule is CCOC(=O)CCCCCCCCC(O)=C1C=CC=C1. The van der Waals surface area contributed by atoms with Crippen LogP contribution >= 0.6 is 0 Å². The summed E-state index contributed by atoms with van der Waals surface area (Å²) in [5, 5.41) is 9.83. The Hall–Kier alpha value is -1.51. The van der Waals surface area contributed by atoms with Gasteiger partial charge in [-0.05, 0) is 19.8 Å². The highest BCUT2D eigenvalue weighted by Crippen LogP contribution is 2.17. The number of aliphatic hydroxyl groups is 1. The van der Waals surface area contributed by atoms with Crippen LogP contribution in [-0.2, 0) is 9.53 Å². The van der Waals surface area contributed by atoms with Crippen molar-refractivity contribution in [2.45, 2.75) is 58.3 Å². The Morgan fingerprint density at radius 2 is 1.55 bits per heavy atom. The Bertz CT molecular complexity index is 364. The summed E-state index contributed by atoms with van der Waals surface area (Å²) < 4.78 is 4.88. The molecule has 0 atom stereocenters. The number of allylic oxidation sites excluding steroid dienone is 6. The average Bonchev–Trinajstić information content (AvgIpc) is 2.96. The highest BCUT2D eigenvalue weighted by atomic mass is 16.5. The summed E-state index contributed by atoms with van der Waals surface area (Å²) in [5.41, 5.74) is 0.944. The molecular weight excluding hydrogens is 252 g/mol. The molecule has 112 valence electrons. The number of hydrogen-bond donors (Lipinski definition) is 1. The quantitative estimate of drug-likeness (QED) is 0.360. The minimum absolute atomic E-state index is 0.0817. The molecule has 1 N–H and O–H groups in total. The third-order valence-corrected chi connectivity index (χ3v) is 3.35. The number of aliphatic hydroxyl groups excluding tert-OH is 1. The van der Waals surface area contributed by atoms with Gasteiger partial charge in [-0.15, -0.1) is 0 Å². The summed E-state index contributed by atoms with van der Waals surface area (Å²) in [6, 6.07) is 0. The van der Waals surface area contributed by atoms with E-state index < -0.39 is 0 Å². The van der Waals surface area contributed by atoms with E-state index in [9.17, 15) is 9.90 Å². The van der Waals surface area contributed by atoms with E-state index >= 15 is 0 Å². The summed E-state index contributed by atoms with van der Waals surface area (Å²) in [7, 11) is 0. The van der Waals surface area contributed by atoms with Gasteiger partial charge in [-0.1, -0.05) is 50.0 Å². The fraction of sp³-hybridized carbons (Fsp3) is 0.588. The number of carbonyl (C=O) groups is 1. The number of ether oxygens (including phenoxy) is 1. The Morgan fingerprint density at radius 3 is 2.15 bits per heavy atom. The van der Waals surface area contributed by atoms with Crippen molar-refractivity contribution in [3.8, 4) is 0 Å². The fourth-order valence-electron chi connectivity index (χ4n) is 2.21. The predicted molar refractivity (Wildman–Crippen MR) is 81.5 cm³/mol. The summed E-state index contributed by atoms with van der Waals surface area (Å²) in [6.45, 7) is 2.31. The van der Waals surface area contributed by atoms with Crippen molar-refractivity contribution < 1.29 is 14.6 Å². The second kappa shape index (κ2) is 10.3. The number of rotatable bonds is 10. The topological polar surface area (TPSA) is 46.5 Å². The molecule has 0 aromatic carbocycles. The first-order chi connectivity index (χ1) is 9.74. The van der Waals surface area contributed by atoms with E-state index in [1.54, 1.807) is 0 Å². The number of esters is 1. The predicted octanol–water partition coefficient (Wildman–Crippen LogP) is 4.61. The molecule has 1 aliphatic rings. The Balaban J connectivity index is 1.93. The van der Waals surface area contributed by atoms with E-state index in [0.29, 0.717) is 18.8 Å². The van der Waals surface area contributed by atoms with E-state index in [-0.39, 0.29) is 5.97 Å². The normalized spacial score (nSPS) is 12.9. The van der Waals surface area contributed by atoms with Crippen LogP contribution in [0.3, 0.4) is 0 Å². The van der Waals surface area contributed by atoms with Crippen LogP contribution in [0.4, 0.5) is 0 Å². The lowest BCUT2D eigenvalue weighted by molar-refractivity contribution is -0.143. The van der Waals surface area contributed by atoms with Crippen LogP contribution in [0, 0.1) is 0 Å². The molecule has 0 aliphatic heterocycles. The maximum atomic E-state index is 11.1. The average molecular weight is 278 g/mol. The van der Waals surface area contributed by atoms with Crippen molar-refractivity contribution in [3.05, 3.63) is 35.6 Å². The zero-order valence-electron chi connectivity index (χ0n) is 12.4. The Labute approximate surface area is 122 Å². The molecule has 0 amide bonds. The zero-order chi connectivity index (χ0) is 14.6. The maximum Gasteiger partial charge on any atom is 0.305 e. The number of hydrogen-bond acceptors (Lipinski definition) is 3. The Kier molecular flexibility index (Phi) is 8.52. The van der Waals surface area contributed by atoms with E-state index in [1.165, 1.54) is 0 Å². The van der Waals surface area contributed by atoms with Gasteiger partial charge in [-0.3, -0.25) is 4.79 Å². The molecule has 0 bridgehead atoms. The van der Waals surface area contributed by atoms with Crippen LogP contribution in [-0.4, -0.2) is 17.7 Å². The van der Waals surface area contributed by atoms with E-state index in [2.05, 4.69) is 0 Å². The molecule has 1 rings (SSSR count). The van der Waals surface area contributed by atoms with Gasteiger partial charge in [-0.2, -0.15) is 0 Å². The van der Waals surface area contributed by atoms with Crippen molar-refractivity contribution >= 4 is 5.97 Å². The van der Waals surface area contributed by atoms with Crippen LogP contribution in [0.2, 0.25) is 0 Å². The van der Waals surface area contributed by atoms with Crippen molar-refractivity contribution in [1.82, 2.24) is 0 Å². The van der Waals surface area contributed by atoms with E-state index in [0.717, 1.165) is 50.5 Å². The van der Waals surface area contributed by atoms with Gasteiger partial charge in [0.25, 0.3) is 0 Å². The van der Waals surface area contributed by atoms with Gasteiger partial charge in [0.05, 0.1) is 12.4 Å². The van der Waals surface area contributed by atoms with Gasteiger partial charge < -0.3 is 9.84 Å². The molecule has 0 fully saturated rings. The highest BCUT2D eigenvalue weighted by Gasteiger charge is 2.03. The van der Waals surface area contributed by atoms with E-state index in [1.807, 2.05) is 31.2 Å². The molecule has 20 heavy (non-hydrogen) atoms. The molecule has 0 aromatic heterocycles. The monoisotopic (exact) mass is 278 g/mol. The van der Waals surface area contributed by atoms with Crippen molar-refractivity contribution in [3.63, 3.8) is 0 Å². The van der Waals surface area contributed by atoms with Gasteiger partial charge in [0.2, 0.25) is 0 Å². The molecule has 0 saturated carbocycles. The molecule has 0 radical (unpaired) electrons. The summed E-state index contributed by atoms with van der Waals surface area (Å²) in [6.07, 6.45) is 15.5. The smallest absolute Gasteiger partial charge is 0.305 e. The zero-order valence-corrected chi connectivity index (χ0v) is 12.4.